The van der Waals surface area contributed by atoms with E-state index in [4.69, 9.17) is 23.2 Å². The van der Waals surface area contributed by atoms with Gasteiger partial charge in [0.1, 0.15) is 11.5 Å². The van der Waals surface area contributed by atoms with E-state index in [0.29, 0.717) is 16.1 Å². The van der Waals surface area contributed by atoms with E-state index in [-0.39, 0.29) is 28.1 Å². The maximum Gasteiger partial charge on any atom is 0.295 e. The highest BCUT2D eigenvalue weighted by molar-refractivity contribution is 6.47. The predicted octanol–water partition coefficient (Wildman–Crippen LogP) is 5.45. The van der Waals surface area contributed by atoms with Gasteiger partial charge in [0, 0.05) is 11.6 Å². The molecular weight excluding hydrogens is 425 g/mol. The standard InChI is InChI=1S/C23H21Cl2NO4/c24-17-11-8-14(12-18(17)25)21(28)19-20(13-6-9-16(27)10-7-13)26(23(30)22(19)29)15-4-2-1-3-5-15/h6-12,15,20,27-28H,1-5H2/b21-19-. The lowest BCUT2D eigenvalue weighted by Crippen LogP contribution is -2.40. The number of carbonyl (C=O) groups excluding carboxylic acids is 2. The Hall–Kier alpha value is -2.50. The van der Waals surface area contributed by atoms with Crippen molar-refractivity contribution in [1.82, 2.24) is 4.90 Å². The summed E-state index contributed by atoms with van der Waals surface area (Å²) in [6, 6.07) is 10.1. The zero-order chi connectivity index (χ0) is 21.4. The molecule has 4 rings (SSSR count). The fourth-order valence-electron chi connectivity index (χ4n) is 4.37. The monoisotopic (exact) mass is 445 g/mol. The van der Waals surface area contributed by atoms with E-state index in [1.807, 2.05) is 0 Å². The lowest BCUT2D eigenvalue weighted by atomic mass is 9.91. The second-order valence-electron chi connectivity index (χ2n) is 7.72. The number of rotatable bonds is 3. The van der Waals surface area contributed by atoms with Crippen LogP contribution in [0.25, 0.3) is 5.76 Å². The fourth-order valence-corrected chi connectivity index (χ4v) is 4.67. The smallest absolute Gasteiger partial charge is 0.295 e. The molecule has 2 aliphatic rings. The Bertz CT molecular complexity index is 1030. The van der Waals surface area contributed by atoms with E-state index < -0.39 is 17.7 Å². The summed E-state index contributed by atoms with van der Waals surface area (Å²) >= 11 is 12.1. The number of halogens is 2. The Labute approximate surface area is 184 Å². The van der Waals surface area contributed by atoms with Crippen molar-refractivity contribution in [3.63, 3.8) is 0 Å². The van der Waals surface area contributed by atoms with Gasteiger partial charge in [0.25, 0.3) is 11.7 Å². The summed E-state index contributed by atoms with van der Waals surface area (Å²) in [5.41, 5.74) is 0.989. The number of nitrogens with zero attached hydrogens (tertiary/aromatic N) is 1. The topological polar surface area (TPSA) is 77.8 Å². The quantitative estimate of drug-likeness (QED) is 0.373. The number of aliphatic hydroxyl groups is 1. The zero-order valence-corrected chi connectivity index (χ0v) is 17.7. The number of phenolic OH excluding ortho intramolecular Hbond substituents is 1. The molecule has 2 aromatic carbocycles. The maximum absolute atomic E-state index is 13.1. The molecule has 156 valence electrons. The van der Waals surface area contributed by atoms with Crippen molar-refractivity contribution in [2.24, 2.45) is 0 Å². The normalized spacial score (nSPS) is 21.9. The molecule has 1 unspecified atom stereocenters. The Kier molecular flexibility index (Phi) is 5.76. The van der Waals surface area contributed by atoms with Crippen molar-refractivity contribution in [1.29, 1.82) is 0 Å². The van der Waals surface area contributed by atoms with Gasteiger partial charge in [-0.3, -0.25) is 9.59 Å². The van der Waals surface area contributed by atoms with E-state index in [0.717, 1.165) is 32.1 Å². The molecule has 0 spiro atoms. The Morgan fingerprint density at radius 2 is 1.60 bits per heavy atom. The molecule has 1 amide bonds. The molecule has 0 aromatic heterocycles. The van der Waals surface area contributed by atoms with Gasteiger partial charge in [-0.05, 0) is 48.7 Å². The van der Waals surface area contributed by atoms with Crippen LogP contribution in [0.2, 0.25) is 10.0 Å². The van der Waals surface area contributed by atoms with Gasteiger partial charge in [0.15, 0.2) is 0 Å². The summed E-state index contributed by atoms with van der Waals surface area (Å²) in [7, 11) is 0. The average molecular weight is 446 g/mol. The van der Waals surface area contributed by atoms with Crippen LogP contribution in [0.5, 0.6) is 5.75 Å². The summed E-state index contributed by atoms with van der Waals surface area (Å²) in [6.45, 7) is 0. The molecule has 1 aliphatic carbocycles. The van der Waals surface area contributed by atoms with Crippen LogP contribution in [0.3, 0.4) is 0 Å². The molecule has 5 nitrogen and oxygen atoms in total. The van der Waals surface area contributed by atoms with Crippen molar-refractivity contribution < 1.29 is 19.8 Å². The molecule has 1 aliphatic heterocycles. The van der Waals surface area contributed by atoms with Crippen molar-refractivity contribution in [3.8, 4) is 5.75 Å². The van der Waals surface area contributed by atoms with E-state index >= 15 is 0 Å². The minimum atomic E-state index is -0.733. The molecular formula is C23H21Cl2NO4. The van der Waals surface area contributed by atoms with Gasteiger partial charge >= 0.3 is 0 Å². The third-order valence-corrected chi connectivity index (χ3v) is 6.59. The van der Waals surface area contributed by atoms with E-state index in [2.05, 4.69) is 0 Å². The predicted molar refractivity (Wildman–Crippen MR) is 116 cm³/mol. The van der Waals surface area contributed by atoms with Crippen molar-refractivity contribution >= 4 is 40.7 Å². The van der Waals surface area contributed by atoms with Crippen LogP contribution >= 0.6 is 23.2 Å². The Balaban J connectivity index is 1.88. The number of Topliss-reactive ketones (excluding diaryl/α,β-unsaturated/α-hetero) is 1. The second kappa shape index (κ2) is 8.32. The van der Waals surface area contributed by atoms with Gasteiger partial charge in [-0.15, -0.1) is 0 Å². The summed E-state index contributed by atoms with van der Waals surface area (Å²) < 4.78 is 0. The maximum atomic E-state index is 13.1. The molecule has 1 saturated heterocycles. The van der Waals surface area contributed by atoms with Crippen LogP contribution in [-0.2, 0) is 9.59 Å². The molecule has 1 atom stereocenters. The number of phenols is 1. The molecule has 2 fully saturated rings. The molecule has 2 aromatic rings. The van der Waals surface area contributed by atoms with Crippen LogP contribution in [0, 0.1) is 0 Å². The third kappa shape index (κ3) is 3.68. The molecule has 1 saturated carbocycles. The molecule has 2 N–H and O–H groups in total. The molecule has 7 heteroatoms. The minimum Gasteiger partial charge on any atom is -0.508 e. The fraction of sp³-hybridized carbons (Fsp3) is 0.304. The third-order valence-electron chi connectivity index (χ3n) is 5.85. The van der Waals surface area contributed by atoms with E-state index in [9.17, 15) is 19.8 Å². The van der Waals surface area contributed by atoms with Crippen LogP contribution in [0.4, 0.5) is 0 Å². The number of benzene rings is 2. The average Bonchev–Trinajstić information content (AvgIpc) is 3.01. The molecule has 1 heterocycles. The number of hydrogen-bond donors (Lipinski definition) is 2. The summed E-state index contributed by atoms with van der Waals surface area (Å²) in [5, 5.41) is 21.3. The highest BCUT2D eigenvalue weighted by Gasteiger charge is 2.48. The van der Waals surface area contributed by atoms with Crippen molar-refractivity contribution in [3.05, 3.63) is 69.2 Å². The highest BCUT2D eigenvalue weighted by atomic mass is 35.5. The van der Waals surface area contributed by atoms with Gasteiger partial charge in [-0.25, -0.2) is 0 Å². The molecule has 0 bridgehead atoms. The minimum absolute atomic E-state index is 0.0228. The van der Waals surface area contributed by atoms with E-state index in [1.54, 1.807) is 23.1 Å². The molecule has 0 radical (unpaired) electrons. The van der Waals surface area contributed by atoms with Crippen molar-refractivity contribution in [2.45, 2.75) is 44.2 Å². The first kappa shape index (κ1) is 20.8. The van der Waals surface area contributed by atoms with E-state index in [1.165, 1.54) is 24.3 Å². The van der Waals surface area contributed by atoms with Crippen LogP contribution in [-0.4, -0.2) is 32.8 Å². The summed E-state index contributed by atoms with van der Waals surface area (Å²) in [5.74, 6) is -1.54. The number of aromatic hydroxyl groups is 1. The molecule has 30 heavy (non-hydrogen) atoms. The Morgan fingerprint density at radius 3 is 2.23 bits per heavy atom. The second-order valence-corrected chi connectivity index (χ2v) is 8.53. The number of ketones is 1. The van der Waals surface area contributed by atoms with Crippen molar-refractivity contribution in [2.75, 3.05) is 0 Å². The van der Waals surface area contributed by atoms with Gasteiger partial charge < -0.3 is 15.1 Å². The number of likely N-dealkylation sites (tertiary alicyclic amines) is 1. The highest BCUT2D eigenvalue weighted by Crippen LogP contribution is 2.43. The zero-order valence-electron chi connectivity index (χ0n) is 16.1. The van der Waals surface area contributed by atoms with Gasteiger partial charge in [0.2, 0.25) is 0 Å². The number of carbonyl (C=O) groups is 2. The first-order valence-corrected chi connectivity index (χ1v) is 10.7. The lowest BCUT2D eigenvalue weighted by Gasteiger charge is -2.35. The summed E-state index contributed by atoms with van der Waals surface area (Å²) in [4.78, 5) is 27.7. The lowest BCUT2D eigenvalue weighted by molar-refractivity contribution is -0.141. The largest absolute Gasteiger partial charge is 0.508 e. The van der Waals surface area contributed by atoms with Gasteiger partial charge in [0.05, 0.1) is 21.7 Å². The van der Waals surface area contributed by atoms with Crippen LogP contribution < -0.4 is 0 Å². The Morgan fingerprint density at radius 1 is 0.933 bits per heavy atom. The number of amides is 1. The number of aliphatic hydroxyl groups excluding tert-OH is 1. The number of hydrogen-bond acceptors (Lipinski definition) is 4. The van der Waals surface area contributed by atoms with Crippen LogP contribution in [0.15, 0.2) is 48.0 Å². The van der Waals surface area contributed by atoms with Gasteiger partial charge in [-0.2, -0.15) is 0 Å². The first-order valence-electron chi connectivity index (χ1n) is 9.93. The van der Waals surface area contributed by atoms with Crippen LogP contribution in [0.1, 0.15) is 49.3 Å². The first-order chi connectivity index (χ1) is 14.4. The SMILES string of the molecule is O=C1C(=O)N(C2CCCCC2)C(c2ccc(O)cc2)/C1=C(/O)c1ccc(Cl)c(Cl)c1. The summed E-state index contributed by atoms with van der Waals surface area (Å²) in [6.07, 6.45) is 4.71. The van der Waals surface area contributed by atoms with Gasteiger partial charge in [-0.1, -0.05) is 54.6 Å².